The topological polar surface area (TPSA) is 51.2 Å². The van der Waals surface area contributed by atoms with E-state index in [1.807, 2.05) is 18.3 Å². The maximum absolute atomic E-state index is 9.19. The molecule has 0 radical (unpaired) electrons. The zero-order chi connectivity index (χ0) is 11.8. The van der Waals surface area contributed by atoms with Gasteiger partial charge in [0.15, 0.2) is 16.3 Å². The molecule has 2 aromatic heterocycles. The standard InChI is InChI=1S/C12H13BrN2O2/c13-11-2-1-10(17-11)12-14-6-9-5-8(7-16)3-4-15(9)12/h1-2,6,8,16H,3-5,7H2. The number of nitrogens with zero attached hydrogens (tertiary/aromatic N) is 2. The van der Waals surface area contributed by atoms with Gasteiger partial charge in [0.25, 0.3) is 0 Å². The molecule has 0 aliphatic carbocycles. The summed E-state index contributed by atoms with van der Waals surface area (Å²) in [6, 6.07) is 3.79. The molecule has 4 nitrogen and oxygen atoms in total. The number of halogens is 1. The quantitative estimate of drug-likeness (QED) is 0.926. The molecule has 1 atom stereocenters. The Labute approximate surface area is 107 Å². The highest BCUT2D eigenvalue weighted by atomic mass is 79.9. The number of imidazole rings is 1. The van der Waals surface area contributed by atoms with E-state index >= 15 is 0 Å². The van der Waals surface area contributed by atoms with Crippen molar-refractivity contribution in [2.45, 2.75) is 19.4 Å². The molecule has 1 N–H and O–H groups in total. The molecule has 3 rings (SSSR count). The zero-order valence-electron chi connectivity index (χ0n) is 9.27. The monoisotopic (exact) mass is 296 g/mol. The predicted molar refractivity (Wildman–Crippen MR) is 66.5 cm³/mol. The van der Waals surface area contributed by atoms with E-state index in [0.717, 1.165) is 31.0 Å². The molecule has 0 bridgehead atoms. The summed E-state index contributed by atoms with van der Waals surface area (Å²) >= 11 is 3.30. The van der Waals surface area contributed by atoms with Gasteiger partial charge in [-0.05, 0) is 46.8 Å². The Kier molecular flexibility index (Phi) is 2.80. The first-order chi connectivity index (χ1) is 8.28. The zero-order valence-corrected chi connectivity index (χ0v) is 10.9. The fraction of sp³-hybridized carbons (Fsp3) is 0.417. The van der Waals surface area contributed by atoms with Crippen LogP contribution in [0, 0.1) is 5.92 Å². The molecule has 0 aromatic carbocycles. The van der Waals surface area contributed by atoms with Gasteiger partial charge in [-0.15, -0.1) is 0 Å². The minimum Gasteiger partial charge on any atom is -0.446 e. The fourth-order valence-electron chi connectivity index (χ4n) is 2.32. The number of aromatic nitrogens is 2. The van der Waals surface area contributed by atoms with Gasteiger partial charge in [0.1, 0.15) is 0 Å². The third kappa shape index (κ3) is 1.93. The third-order valence-electron chi connectivity index (χ3n) is 3.25. The minimum absolute atomic E-state index is 0.257. The highest BCUT2D eigenvalue weighted by molar-refractivity contribution is 9.10. The number of rotatable bonds is 2. The number of fused-ring (bicyclic) bond motifs is 1. The molecule has 0 spiro atoms. The summed E-state index contributed by atoms with van der Waals surface area (Å²) in [7, 11) is 0. The van der Waals surface area contributed by atoms with Crippen molar-refractivity contribution in [3.05, 3.63) is 28.7 Å². The Morgan fingerprint density at radius 2 is 2.41 bits per heavy atom. The average Bonchev–Trinajstić information content (AvgIpc) is 2.93. The maximum Gasteiger partial charge on any atom is 0.176 e. The lowest BCUT2D eigenvalue weighted by molar-refractivity contribution is 0.201. The second kappa shape index (κ2) is 4.31. The predicted octanol–water partition coefficient (Wildman–Crippen LogP) is 2.46. The lowest BCUT2D eigenvalue weighted by Crippen LogP contribution is -2.21. The van der Waals surface area contributed by atoms with Crippen molar-refractivity contribution in [3.8, 4) is 11.6 Å². The van der Waals surface area contributed by atoms with Gasteiger partial charge in [-0.1, -0.05) is 0 Å². The maximum atomic E-state index is 9.19. The van der Waals surface area contributed by atoms with Gasteiger partial charge in [0, 0.05) is 25.0 Å². The van der Waals surface area contributed by atoms with Crippen LogP contribution < -0.4 is 0 Å². The van der Waals surface area contributed by atoms with Crippen LogP contribution in [0.1, 0.15) is 12.1 Å². The number of aliphatic hydroxyl groups excluding tert-OH is 1. The normalized spacial score (nSPS) is 19.3. The van der Waals surface area contributed by atoms with Crippen molar-refractivity contribution < 1.29 is 9.52 Å². The summed E-state index contributed by atoms with van der Waals surface area (Å²) in [6.07, 6.45) is 3.77. The lowest BCUT2D eigenvalue weighted by Gasteiger charge is -2.22. The van der Waals surface area contributed by atoms with Gasteiger partial charge >= 0.3 is 0 Å². The fourth-order valence-corrected chi connectivity index (χ4v) is 2.63. The smallest absolute Gasteiger partial charge is 0.176 e. The van der Waals surface area contributed by atoms with Crippen LogP contribution in [0.5, 0.6) is 0 Å². The van der Waals surface area contributed by atoms with E-state index in [4.69, 9.17) is 4.42 Å². The van der Waals surface area contributed by atoms with Gasteiger partial charge in [0.05, 0.1) is 0 Å². The van der Waals surface area contributed by atoms with E-state index in [2.05, 4.69) is 25.5 Å². The van der Waals surface area contributed by atoms with Gasteiger partial charge in [-0.3, -0.25) is 0 Å². The van der Waals surface area contributed by atoms with Crippen molar-refractivity contribution in [2.24, 2.45) is 5.92 Å². The van der Waals surface area contributed by atoms with Crippen molar-refractivity contribution >= 4 is 15.9 Å². The van der Waals surface area contributed by atoms with Crippen molar-refractivity contribution in [1.82, 2.24) is 9.55 Å². The molecule has 1 unspecified atom stereocenters. The highest BCUT2D eigenvalue weighted by Gasteiger charge is 2.22. The third-order valence-corrected chi connectivity index (χ3v) is 3.67. The van der Waals surface area contributed by atoms with Crippen LogP contribution in [0.2, 0.25) is 0 Å². The first kappa shape index (κ1) is 11.0. The lowest BCUT2D eigenvalue weighted by atomic mass is 9.97. The summed E-state index contributed by atoms with van der Waals surface area (Å²) in [4.78, 5) is 4.42. The Bertz CT molecular complexity index is 532. The summed E-state index contributed by atoms with van der Waals surface area (Å²) in [5.74, 6) is 2.03. The second-order valence-electron chi connectivity index (χ2n) is 4.37. The molecule has 0 amide bonds. The summed E-state index contributed by atoms with van der Waals surface area (Å²) in [5.41, 5.74) is 1.18. The number of furan rings is 1. The highest BCUT2D eigenvalue weighted by Crippen LogP contribution is 2.29. The van der Waals surface area contributed by atoms with Crippen LogP contribution in [0.3, 0.4) is 0 Å². The molecule has 17 heavy (non-hydrogen) atoms. The molecule has 1 aliphatic heterocycles. The first-order valence-electron chi connectivity index (χ1n) is 5.69. The summed E-state index contributed by atoms with van der Waals surface area (Å²) < 4.78 is 8.43. The Hall–Kier alpha value is -1.07. The van der Waals surface area contributed by atoms with Crippen molar-refractivity contribution in [3.63, 3.8) is 0 Å². The molecule has 0 saturated carbocycles. The number of hydrogen-bond donors (Lipinski definition) is 1. The summed E-state index contributed by atoms with van der Waals surface area (Å²) in [5, 5.41) is 9.19. The van der Waals surface area contributed by atoms with Gasteiger partial charge in [-0.25, -0.2) is 4.98 Å². The molecule has 1 aliphatic rings. The molecule has 0 fully saturated rings. The average molecular weight is 297 g/mol. The largest absolute Gasteiger partial charge is 0.446 e. The molecule has 2 aromatic rings. The van der Waals surface area contributed by atoms with Crippen LogP contribution in [-0.2, 0) is 13.0 Å². The molecule has 3 heterocycles. The Morgan fingerprint density at radius 1 is 1.53 bits per heavy atom. The van der Waals surface area contributed by atoms with Gasteiger partial charge in [-0.2, -0.15) is 0 Å². The number of hydrogen-bond acceptors (Lipinski definition) is 3. The molecular weight excluding hydrogens is 284 g/mol. The van der Waals surface area contributed by atoms with Crippen LogP contribution in [0.25, 0.3) is 11.6 Å². The SMILES string of the molecule is OCC1CCn2c(cnc2-c2ccc(Br)o2)C1. The Morgan fingerprint density at radius 3 is 3.12 bits per heavy atom. The van der Waals surface area contributed by atoms with E-state index < -0.39 is 0 Å². The molecule has 5 heteroatoms. The Balaban J connectivity index is 1.96. The van der Waals surface area contributed by atoms with Crippen LogP contribution in [0.15, 0.2) is 27.4 Å². The van der Waals surface area contributed by atoms with E-state index in [1.54, 1.807) is 0 Å². The van der Waals surface area contributed by atoms with E-state index in [0.29, 0.717) is 10.6 Å². The minimum atomic E-state index is 0.257. The van der Waals surface area contributed by atoms with E-state index in [1.165, 1.54) is 5.69 Å². The first-order valence-corrected chi connectivity index (χ1v) is 6.48. The van der Waals surface area contributed by atoms with E-state index in [9.17, 15) is 5.11 Å². The van der Waals surface area contributed by atoms with Crippen LogP contribution >= 0.6 is 15.9 Å². The molecule has 0 saturated heterocycles. The van der Waals surface area contributed by atoms with Crippen LogP contribution in [-0.4, -0.2) is 21.3 Å². The van der Waals surface area contributed by atoms with E-state index in [-0.39, 0.29) is 6.61 Å². The van der Waals surface area contributed by atoms with Gasteiger partial charge in [0.2, 0.25) is 0 Å². The number of aliphatic hydroxyl groups is 1. The second-order valence-corrected chi connectivity index (χ2v) is 5.15. The van der Waals surface area contributed by atoms with Crippen molar-refractivity contribution in [1.29, 1.82) is 0 Å². The molecule has 90 valence electrons. The van der Waals surface area contributed by atoms with Crippen molar-refractivity contribution in [2.75, 3.05) is 6.61 Å². The molecular formula is C12H13BrN2O2. The summed E-state index contributed by atoms with van der Waals surface area (Å²) in [6.45, 7) is 1.15. The van der Waals surface area contributed by atoms with Crippen LogP contribution in [0.4, 0.5) is 0 Å². The van der Waals surface area contributed by atoms with Gasteiger partial charge < -0.3 is 14.1 Å².